The molecular formula is C105H80Cl5N35O5. The molecule has 0 radical (unpaired) electrons. The molecule has 20 aromatic rings. The first-order valence-corrected chi connectivity index (χ1v) is 47.2. The van der Waals surface area contributed by atoms with Crippen LogP contribution in [-0.2, 0) is 0 Å². The zero-order valence-electron chi connectivity index (χ0n) is 79.8. The molecule has 0 unspecified atom stereocenters. The molecule has 40 nitrogen and oxygen atoms in total. The van der Waals surface area contributed by atoms with Crippen LogP contribution in [0.15, 0.2) is 243 Å². The number of anilines is 5. The lowest BCUT2D eigenvalue weighted by molar-refractivity contribution is 0.243. The largest absolute Gasteiger partial charge is 0.351 e. The Morgan fingerprint density at radius 2 is 0.540 bits per heavy atom. The maximum atomic E-state index is 12.4. The molecule has 740 valence electrons. The Morgan fingerprint density at radius 3 is 0.753 bits per heavy atom. The third kappa shape index (κ3) is 24.0. The number of rotatable bonds is 17. The number of primary amides is 1. The summed E-state index contributed by atoms with van der Waals surface area (Å²) in [6.07, 6.45) is 8.30. The van der Waals surface area contributed by atoms with Gasteiger partial charge >= 0.3 is 30.2 Å². The molecule has 0 bridgehead atoms. The van der Waals surface area contributed by atoms with Gasteiger partial charge in [0.1, 0.15) is 30.3 Å². The van der Waals surface area contributed by atoms with Crippen molar-refractivity contribution in [3.8, 4) is 143 Å². The molecule has 0 saturated heterocycles. The van der Waals surface area contributed by atoms with Crippen LogP contribution in [0.25, 0.3) is 167 Å². The highest BCUT2D eigenvalue weighted by Crippen LogP contribution is 2.43. The third-order valence-electron chi connectivity index (χ3n) is 21.8. The van der Waals surface area contributed by atoms with Gasteiger partial charge in [0.05, 0.1) is 141 Å². The SMILES string of the molecule is CC(C)(C)NC(=O)Nc1nc(-c2ccccc2)c(-c2cc(Cl)c3[nH]ncc3c2)nc1C#N.CC(C)NC(=O)Nc1nc(-c2ccccc2)c(-c2cc(Cl)c3[nH]ncc3c2)nc1C#N.CCNC(=O)Nc1nc(-c2ccccc2)c(-c2cc(Cl)c3[nH]ncc3c2)nc1C#N.CNC(=O)Nc1nc(-c2ccccc2)c(-c2cc(Cl)c3[nH]ncc3c2)nc1C#N.N#Cc1nc(-c2cc(Cl)c3[nH]ncc3c2)c(-c2ccccc2)nc1NC(N)=O. The Hall–Kier alpha value is -19.8. The predicted octanol–water partition coefficient (Wildman–Crippen LogP) is 21.9. The van der Waals surface area contributed by atoms with E-state index < -0.39 is 35.7 Å². The fraction of sp³-hybridized carbons (Fsp3) is 0.0952. The number of nitrogens with two attached hydrogens (primary N) is 1. The summed E-state index contributed by atoms with van der Waals surface area (Å²) in [5.41, 5.74) is 20.3. The summed E-state index contributed by atoms with van der Waals surface area (Å²) < 4.78 is 0. The van der Waals surface area contributed by atoms with Gasteiger partial charge in [-0.2, -0.15) is 51.8 Å². The lowest BCUT2D eigenvalue weighted by atomic mass is 10.0. The topological polar surface area (TPSA) is 611 Å². The van der Waals surface area contributed by atoms with Crippen molar-refractivity contribution in [1.29, 1.82) is 26.3 Å². The van der Waals surface area contributed by atoms with Crippen LogP contribution < -0.4 is 53.6 Å². The number of hydrogen-bond donors (Lipinski definition) is 15. The molecule has 10 aromatic carbocycles. The summed E-state index contributed by atoms with van der Waals surface area (Å²) in [4.78, 5) is 105. The third-order valence-corrected chi connectivity index (χ3v) is 23.2. The van der Waals surface area contributed by atoms with E-state index in [9.17, 15) is 50.3 Å². The number of aromatic nitrogens is 20. The monoisotopic (exact) mass is 2090 g/mol. The maximum absolute atomic E-state index is 12.4. The van der Waals surface area contributed by atoms with Crippen LogP contribution in [0.3, 0.4) is 0 Å². The number of carbonyl (C=O) groups is 5. The predicted molar refractivity (Wildman–Crippen MR) is 575 cm³/mol. The number of benzene rings is 10. The maximum Gasteiger partial charge on any atom is 0.320 e. The van der Waals surface area contributed by atoms with E-state index in [-0.39, 0.29) is 63.6 Å². The normalized spacial score (nSPS) is 10.7. The molecule has 0 saturated carbocycles. The molecule has 20 rings (SSSR count). The average Bonchev–Trinajstić information content (AvgIpc) is 1.52. The molecule has 0 fully saturated rings. The number of hydrogen-bond acceptors (Lipinski definition) is 25. The van der Waals surface area contributed by atoms with Crippen LogP contribution in [0, 0.1) is 56.7 Å². The molecule has 0 aliphatic carbocycles. The van der Waals surface area contributed by atoms with Gasteiger partial charge in [0, 0.05) is 108 Å². The highest BCUT2D eigenvalue weighted by Gasteiger charge is 2.29. The molecule has 0 aliphatic heterocycles. The van der Waals surface area contributed by atoms with Crippen LogP contribution in [-0.4, -0.2) is 156 Å². The van der Waals surface area contributed by atoms with Crippen LogP contribution in [0.4, 0.5) is 53.1 Å². The lowest BCUT2D eigenvalue weighted by Gasteiger charge is -2.21. The second-order valence-electron chi connectivity index (χ2n) is 33.7. The van der Waals surface area contributed by atoms with Crippen molar-refractivity contribution in [3.05, 3.63) is 297 Å². The fourth-order valence-corrected chi connectivity index (χ4v) is 16.6. The van der Waals surface area contributed by atoms with E-state index in [0.29, 0.717) is 144 Å². The number of H-pyrrole nitrogens is 5. The standard InChI is InChI=1S/C23H20ClN7O.C22H18ClN7O.C21H16ClN7O.C20H14ClN7O.C19H12ClN7O/c1-23(2,3)30-22(32)29-21-17(11-25)27-20(19(28-21)13-7-5-4-6-8-13)14-9-15-12-26-31-18(15)16(24)10-14;1-12(2)26-22(31)29-21-17(10-24)27-20(19(28-21)13-6-4-3-5-7-13)14-8-15-11-25-30-18(15)16(23)9-14;1-2-24-21(30)28-20-16(10-23)26-19(18(27-20)12-6-4-3-5-7-12)13-8-14-11-25-29-17(14)15(22)9-13;1-23-20(29)27-19-15(9-22)25-18(17(26-19)11-5-3-2-4-6-11)12-7-13-10-24-28-16(13)14(21)8-12;20-13-7-11(6-12-9-23-27-15(12)13)17-16(10-4-2-1-3-5-10)25-18(26-19(22)28)14(8-21)24-17/h4-10,12H,1-3H3,(H,26,31)(H2,28,29,30,32);3-9,11-12H,1-2H3,(H,25,30)(H2,26,28,29,31);3-9,11H,2H2,1H3,(H,25,29)(H2,24,27,28,30);2-8,10H,1H3,(H,24,28)(H2,23,26,27,29);1-7,9H,(H,23,27)(H3,22,25,26,28). The lowest BCUT2D eigenvalue weighted by Crippen LogP contribution is -2.43. The highest BCUT2D eigenvalue weighted by atomic mass is 35.5. The van der Waals surface area contributed by atoms with Gasteiger partial charge in [0.25, 0.3) is 0 Å². The van der Waals surface area contributed by atoms with Crippen molar-refractivity contribution >= 4 is 172 Å². The van der Waals surface area contributed by atoms with Crippen molar-refractivity contribution in [1.82, 2.24) is 122 Å². The van der Waals surface area contributed by atoms with E-state index >= 15 is 0 Å². The summed E-state index contributed by atoms with van der Waals surface area (Å²) in [5, 5.41) is 112. The van der Waals surface area contributed by atoms with E-state index in [1.54, 1.807) is 68.2 Å². The zero-order chi connectivity index (χ0) is 106. The number of nitriles is 5. The van der Waals surface area contributed by atoms with E-state index in [1.807, 2.05) is 247 Å². The number of nitrogens with one attached hydrogen (secondary N) is 14. The first kappa shape index (κ1) is 103. The van der Waals surface area contributed by atoms with Crippen molar-refractivity contribution < 1.29 is 24.0 Å². The van der Waals surface area contributed by atoms with Gasteiger partial charge in [-0.3, -0.25) is 52.1 Å². The van der Waals surface area contributed by atoms with Crippen LogP contribution in [0.2, 0.25) is 25.1 Å². The number of halogens is 5. The van der Waals surface area contributed by atoms with E-state index in [2.05, 4.69) is 149 Å². The van der Waals surface area contributed by atoms with Gasteiger partial charge in [0.15, 0.2) is 57.6 Å². The smallest absolute Gasteiger partial charge is 0.320 e. The molecule has 10 heterocycles. The summed E-state index contributed by atoms with van der Waals surface area (Å²) in [6.45, 7) is 11.5. The number of fused-ring (bicyclic) bond motifs is 5. The zero-order valence-corrected chi connectivity index (χ0v) is 83.6. The quantitative estimate of drug-likeness (QED) is 0.0402. The molecule has 45 heteroatoms. The van der Waals surface area contributed by atoms with Crippen molar-refractivity contribution in [2.45, 2.75) is 53.1 Å². The van der Waals surface area contributed by atoms with Gasteiger partial charge in [0.2, 0.25) is 0 Å². The molecule has 0 atom stereocenters. The summed E-state index contributed by atoms with van der Waals surface area (Å²) in [5.74, 6) is 0.311. The number of amides is 10. The summed E-state index contributed by atoms with van der Waals surface area (Å²) in [7, 11) is 1.48. The molecule has 0 spiro atoms. The Labute approximate surface area is 877 Å². The Morgan fingerprint density at radius 1 is 0.320 bits per heavy atom. The molecular weight excluding hydrogens is 2010 g/mol. The molecule has 10 aromatic heterocycles. The second kappa shape index (κ2) is 46.3. The van der Waals surface area contributed by atoms with Crippen LogP contribution >= 0.6 is 58.0 Å². The molecule has 10 amide bonds. The Kier molecular flexibility index (Phi) is 31.8. The van der Waals surface area contributed by atoms with E-state index in [1.165, 1.54) is 7.05 Å². The number of carbonyl (C=O) groups excluding carboxylic acids is 5. The minimum atomic E-state index is -0.833. The summed E-state index contributed by atoms with van der Waals surface area (Å²) >= 11 is 32.0. The van der Waals surface area contributed by atoms with Gasteiger partial charge < -0.3 is 27.0 Å². The van der Waals surface area contributed by atoms with Gasteiger partial charge in [-0.05, 0) is 102 Å². The van der Waals surface area contributed by atoms with Crippen molar-refractivity contribution in [2.75, 3.05) is 40.2 Å². The van der Waals surface area contributed by atoms with Crippen molar-refractivity contribution in [3.63, 3.8) is 0 Å². The molecule has 150 heavy (non-hydrogen) atoms. The number of aromatic amines is 5. The molecule has 0 aliphatic rings. The Balaban J connectivity index is 0.000000134. The average molecular weight is 2090 g/mol. The van der Waals surface area contributed by atoms with Crippen LogP contribution in [0.5, 0.6) is 0 Å². The second-order valence-corrected chi connectivity index (χ2v) is 35.7. The first-order valence-electron chi connectivity index (χ1n) is 45.3. The van der Waals surface area contributed by atoms with Crippen molar-refractivity contribution in [2.24, 2.45) is 5.73 Å². The first-order chi connectivity index (χ1) is 72.5. The fourth-order valence-electron chi connectivity index (χ4n) is 15.2. The van der Waals surface area contributed by atoms with Gasteiger partial charge in [-0.1, -0.05) is 210 Å². The minimum absolute atomic E-state index is 0.000604. The minimum Gasteiger partial charge on any atom is -0.351 e. The Bertz CT molecular complexity index is 8800. The van der Waals surface area contributed by atoms with Gasteiger partial charge in [-0.25, -0.2) is 73.8 Å². The summed E-state index contributed by atoms with van der Waals surface area (Å²) in [6, 6.07) is 72.2. The highest BCUT2D eigenvalue weighted by molar-refractivity contribution is 6.37. The van der Waals surface area contributed by atoms with E-state index in [4.69, 9.17) is 63.7 Å². The van der Waals surface area contributed by atoms with E-state index in [0.717, 1.165) is 54.7 Å². The number of urea groups is 5. The van der Waals surface area contributed by atoms with Crippen LogP contribution in [0.1, 0.15) is 70.0 Å². The van der Waals surface area contributed by atoms with Gasteiger partial charge in [-0.15, -0.1) is 0 Å². The molecule has 16 N–H and O–H groups in total. The number of nitrogens with zero attached hydrogens (tertiary/aromatic N) is 20.